The molecule has 0 spiro atoms. The van der Waals surface area contributed by atoms with Crippen LogP contribution in [0.4, 0.5) is 13.2 Å². The summed E-state index contributed by atoms with van der Waals surface area (Å²) in [6.45, 7) is 0.352. The third-order valence-corrected chi connectivity index (χ3v) is 3.18. The van der Waals surface area contributed by atoms with Gasteiger partial charge in [0, 0.05) is 19.6 Å². The third-order valence-electron chi connectivity index (χ3n) is 3.18. The molecule has 0 saturated carbocycles. The summed E-state index contributed by atoms with van der Waals surface area (Å²) in [5.74, 6) is -0.231. The molecule has 1 aromatic carbocycles. The van der Waals surface area contributed by atoms with Gasteiger partial charge in [0.1, 0.15) is 0 Å². The van der Waals surface area contributed by atoms with E-state index in [0.29, 0.717) is 18.5 Å². The Morgan fingerprint density at radius 2 is 2.15 bits per heavy atom. The number of hydrazine groups is 1. The van der Waals surface area contributed by atoms with Gasteiger partial charge >= 0.3 is 6.18 Å². The molecule has 1 aromatic rings. The van der Waals surface area contributed by atoms with Crippen molar-refractivity contribution in [2.24, 2.45) is 0 Å². The lowest BCUT2D eigenvalue weighted by Gasteiger charge is -2.23. The Morgan fingerprint density at radius 1 is 1.40 bits per heavy atom. The molecule has 1 atom stereocenters. The van der Waals surface area contributed by atoms with E-state index >= 15 is 0 Å². The maximum Gasteiger partial charge on any atom is 0.416 e. The standard InChI is InChI=1S/C13H15F3N2O2/c14-13(15,16)10-4-1-3-9(7-10)11-8-12(20)17-18(11)5-2-6-19/h1,3-4,7,11,19H,2,5-6,8H2,(H,17,20). The van der Waals surface area contributed by atoms with Gasteiger partial charge in [-0.05, 0) is 24.1 Å². The molecule has 2 N–H and O–H groups in total. The number of nitrogens with zero attached hydrogens (tertiary/aromatic N) is 1. The first kappa shape index (κ1) is 14.8. The highest BCUT2D eigenvalue weighted by atomic mass is 19.4. The Balaban J connectivity index is 2.23. The summed E-state index contributed by atoms with van der Waals surface area (Å²) in [5, 5.41) is 10.4. The monoisotopic (exact) mass is 288 g/mol. The maximum atomic E-state index is 12.7. The number of carbonyl (C=O) groups is 1. The molecule has 1 heterocycles. The number of hydrogen-bond donors (Lipinski definition) is 2. The van der Waals surface area contributed by atoms with Gasteiger partial charge in [-0.15, -0.1) is 0 Å². The lowest BCUT2D eigenvalue weighted by atomic mass is 10.0. The summed E-state index contributed by atoms with van der Waals surface area (Å²) in [7, 11) is 0. The molecule has 0 aromatic heterocycles. The molecular weight excluding hydrogens is 273 g/mol. The van der Waals surface area contributed by atoms with Crippen LogP contribution in [-0.2, 0) is 11.0 Å². The fourth-order valence-electron chi connectivity index (χ4n) is 2.24. The number of aliphatic hydroxyl groups excluding tert-OH is 1. The van der Waals surface area contributed by atoms with E-state index in [9.17, 15) is 18.0 Å². The van der Waals surface area contributed by atoms with Crippen LogP contribution in [0.15, 0.2) is 24.3 Å². The second kappa shape index (κ2) is 5.80. The van der Waals surface area contributed by atoms with E-state index in [4.69, 9.17) is 5.11 Å². The van der Waals surface area contributed by atoms with E-state index in [1.807, 2.05) is 0 Å². The highest BCUT2D eigenvalue weighted by molar-refractivity contribution is 5.78. The van der Waals surface area contributed by atoms with Crippen molar-refractivity contribution < 1.29 is 23.1 Å². The van der Waals surface area contributed by atoms with E-state index in [1.165, 1.54) is 6.07 Å². The van der Waals surface area contributed by atoms with Gasteiger partial charge < -0.3 is 5.11 Å². The van der Waals surface area contributed by atoms with Crippen LogP contribution in [0.5, 0.6) is 0 Å². The normalized spacial score (nSPS) is 20.2. The van der Waals surface area contributed by atoms with Crippen molar-refractivity contribution in [1.29, 1.82) is 0 Å². The molecule has 0 bridgehead atoms. The fourth-order valence-corrected chi connectivity index (χ4v) is 2.24. The van der Waals surface area contributed by atoms with E-state index < -0.39 is 17.8 Å². The fraction of sp³-hybridized carbons (Fsp3) is 0.462. The first-order chi connectivity index (χ1) is 9.41. The van der Waals surface area contributed by atoms with Gasteiger partial charge in [-0.25, -0.2) is 5.01 Å². The van der Waals surface area contributed by atoms with Crippen molar-refractivity contribution in [3.05, 3.63) is 35.4 Å². The van der Waals surface area contributed by atoms with Crippen LogP contribution in [-0.4, -0.2) is 29.2 Å². The van der Waals surface area contributed by atoms with E-state index in [2.05, 4.69) is 5.43 Å². The van der Waals surface area contributed by atoms with Gasteiger partial charge in [-0.3, -0.25) is 10.2 Å². The number of aliphatic hydroxyl groups is 1. The molecule has 110 valence electrons. The number of rotatable bonds is 4. The second-order valence-corrected chi connectivity index (χ2v) is 4.65. The van der Waals surface area contributed by atoms with Crippen molar-refractivity contribution in [2.75, 3.05) is 13.2 Å². The minimum Gasteiger partial charge on any atom is -0.396 e. The molecule has 2 rings (SSSR count). The lowest BCUT2D eigenvalue weighted by Crippen LogP contribution is -2.35. The highest BCUT2D eigenvalue weighted by Crippen LogP contribution is 2.33. The Morgan fingerprint density at radius 3 is 2.80 bits per heavy atom. The van der Waals surface area contributed by atoms with Crippen LogP contribution in [0.25, 0.3) is 0 Å². The van der Waals surface area contributed by atoms with Gasteiger partial charge in [0.15, 0.2) is 0 Å². The topological polar surface area (TPSA) is 52.6 Å². The molecule has 0 radical (unpaired) electrons. The van der Waals surface area contributed by atoms with Crippen molar-refractivity contribution in [2.45, 2.75) is 25.1 Å². The van der Waals surface area contributed by atoms with Crippen molar-refractivity contribution in [1.82, 2.24) is 10.4 Å². The summed E-state index contributed by atoms with van der Waals surface area (Å²) in [4.78, 5) is 11.4. The Kier molecular flexibility index (Phi) is 4.29. The molecule has 1 amide bonds. The molecule has 1 fully saturated rings. The van der Waals surface area contributed by atoms with E-state index in [0.717, 1.165) is 12.1 Å². The van der Waals surface area contributed by atoms with Gasteiger partial charge in [-0.1, -0.05) is 12.1 Å². The Hall–Kier alpha value is -1.60. The first-order valence-corrected chi connectivity index (χ1v) is 6.26. The summed E-state index contributed by atoms with van der Waals surface area (Å²) in [6.07, 6.45) is -3.84. The number of hydrogen-bond acceptors (Lipinski definition) is 3. The molecule has 1 aliphatic rings. The van der Waals surface area contributed by atoms with Crippen LogP contribution in [0.1, 0.15) is 30.0 Å². The Labute approximate surface area is 114 Å². The smallest absolute Gasteiger partial charge is 0.396 e. The van der Waals surface area contributed by atoms with Gasteiger partial charge in [-0.2, -0.15) is 13.2 Å². The summed E-state index contributed by atoms with van der Waals surface area (Å²) < 4.78 is 38.1. The molecule has 1 aliphatic heterocycles. The van der Waals surface area contributed by atoms with Crippen molar-refractivity contribution in [3.63, 3.8) is 0 Å². The lowest BCUT2D eigenvalue weighted by molar-refractivity contribution is -0.137. The molecule has 20 heavy (non-hydrogen) atoms. The number of nitrogens with one attached hydrogen (secondary N) is 1. The molecular formula is C13H15F3N2O2. The van der Waals surface area contributed by atoms with Crippen LogP contribution < -0.4 is 5.43 Å². The van der Waals surface area contributed by atoms with Gasteiger partial charge in [0.2, 0.25) is 5.91 Å². The van der Waals surface area contributed by atoms with Gasteiger partial charge in [0.25, 0.3) is 0 Å². The number of amides is 1. The molecule has 1 saturated heterocycles. The average Bonchev–Trinajstić information content (AvgIpc) is 2.77. The second-order valence-electron chi connectivity index (χ2n) is 4.65. The quantitative estimate of drug-likeness (QED) is 0.889. The number of carbonyl (C=O) groups excluding carboxylic acids is 1. The van der Waals surface area contributed by atoms with Crippen LogP contribution >= 0.6 is 0 Å². The largest absolute Gasteiger partial charge is 0.416 e. The van der Waals surface area contributed by atoms with Crippen LogP contribution in [0, 0.1) is 0 Å². The predicted octanol–water partition coefficient (Wildman–Crippen LogP) is 1.87. The number of halogens is 3. The van der Waals surface area contributed by atoms with Gasteiger partial charge in [0.05, 0.1) is 11.6 Å². The highest BCUT2D eigenvalue weighted by Gasteiger charge is 2.34. The first-order valence-electron chi connectivity index (χ1n) is 6.26. The van der Waals surface area contributed by atoms with Crippen molar-refractivity contribution in [3.8, 4) is 0 Å². The molecule has 1 unspecified atom stereocenters. The Bertz CT molecular complexity index is 491. The van der Waals surface area contributed by atoms with E-state index in [1.54, 1.807) is 11.1 Å². The number of alkyl halides is 3. The van der Waals surface area contributed by atoms with E-state index in [-0.39, 0.29) is 18.9 Å². The third kappa shape index (κ3) is 3.29. The predicted molar refractivity (Wildman–Crippen MR) is 65.4 cm³/mol. The average molecular weight is 288 g/mol. The molecule has 4 nitrogen and oxygen atoms in total. The zero-order valence-corrected chi connectivity index (χ0v) is 10.7. The van der Waals surface area contributed by atoms with Crippen LogP contribution in [0.3, 0.4) is 0 Å². The van der Waals surface area contributed by atoms with Crippen molar-refractivity contribution >= 4 is 5.91 Å². The molecule has 0 aliphatic carbocycles. The summed E-state index contributed by atoms with van der Waals surface area (Å²) in [6, 6.07) is 4.55. The zero-order chi connectivity index (χ0) is 14.8. The molecule has 7 heteroatoms. The maximum absolute atomic E-state index is 12.7. The number of benzene rings is 1. The summed E-state index contributed by atoms with van der Waals surface area (Å²) >= 11 is 0. The zero-order valence-electron chi connectivity index (χ0n) is 10.7. The SMILES string of the molecule is O=C1CC(c2cccc(C(F)(F)F)c2)N(CCCO)N1. The minimum absolute atomic E-state index is 0.0400. The minimum atomic E-state index is -4.40. The summed E-state index contributed by atoms with van der Waals surface area (Å²) in [5.41, 5.74) is 2.31. The van der Waals surface area contributed by atoms with Crippen LogP contribution in [0.2, 0.25) is 0 Å².